The van der Waals surface area contributed by atoms with Crippen molar-refractivity contribution in [3.63, 3.8) is 0 Å². The summed E-state index contributed by atoms with van der Waals surface area (Å²) in [5.74, 6) is 0. The molecule has 0 amide bonds. The third-order valence-corrected chi connectivity index (χ3v) is 3.19. The van der Waals surface area contributed by atoms with E-state index in [1.807, 2.05) is 0 Å². The van der Waals surface area contributed by atoms with Crippen LogP contribution in [-0.4, -0.2) is 38.1 Å². The highest BCUT2D eigenvalue weighted by atomic mass is 15.1. The quantitative estimate of drug-likeness (QED) is 0.552. The van der Waals surface area contributed by atoms with Gasteiger partial charge in [-0.3, -0.25) is 0 Å². The minimum atomic E-state index is 0.672. The van der Waals surface area contributed by atoms with E-state index in [9.17, 15) is 0 Å². The average Bonchev–Trinajstić information content (AvgIpc) is 2.09. The molecule has 2 heteroatoms. The summed E-state index contributed by atoms with van der Waals surface area (Å²) in [5.41, 5.74) is 0.672. The zero-order valence-electron chi connectivity index (χ0n) is 7.40. The lowest BCUT2D eigenvalue weighted by atomic mass is 9.68. The molecule has 0 radical (unpaired) electrons. The van der Waals surface area contributed by atoms with Crippen LogP contribution < -0.4 is 5.32 Å². The minimum absolute atomic E-state index is 0.672. The highest BCUT2D eigenvalue weighted by Crippen LogP contribution is 2.41. The second-order valence-corrected chi connectivity index (χ2v) is 4.27. The van der Waals surface area contributed by atoms with E-state index in [4.69, 9.17) is 0 Å². The Hall–Kier alpha value is -0.0800. The fourth-order valence-corrected chi connectivity index (χ4v) is 2.34. The summed E-state index contributed by atoms with van der Waals surface area (Å²) in [7, 11) is 2.24. The van der Waals surface area contributed by atoms with Gasteiger partial charge in [-0.05, 0) is 25.3 Å². The monoisotopic (exact) mass is 154 g/mol. The predicted molar refractivity (Wildman–Crippen MR) is 46.7 cm³/mol. The van der Waals surface area contributed by atoms with Crippen LogP contribution in [0.4, 0.5) is 0 Å². The van der Waals surface area contributed by atoms with Crippen molar-refractivity contribution in [3.05, 3.63) is 0 Å². The van der Waals surface area contributed by atoms with Crippen LogP contribution in [-0.2, 0) is 0 Å². The third kappa shape index (κ3) is 1.42. The SMILES string of the molecule is CN1CCNCC2(CCC2)C1. The van der Waals surface area contributed by atoms with Crippen LogP contribution in [0.5, 0.6) is 0 Å². The first-order chi connectivity index (χ1) is 5.31. The maximum Gasteiger partial charge on any atom is 0.0104 e. The molecule has 1 aliphatic carbocycles. The number of nitrogens with zero attached hydrogens (tertiary/aromatic N) is 1. The molecule has 0 atom stereocenters. The zero-order chi connectivity index (χ0) is 7.73. The molecule has 1 aliphatic heterocycles. The van der Waals surface area contributed by atoms with E-state index >= 15 is 0 Å². The minimum Gasteiger partial charge on any atom is -0.315 e. The van der Waals surface area contributed by atoms with E-state index in [2.05, 4.69) is 17.3 Å². The summed E-state index contributed by atoms with van der Waals surface area (Å²) in [6.07, 6.45) is 4.35. The Bertz CT molecular complexity index is 140. The van der Waals surface area contributed by atoms with Crippen molar-refractivity contribution >= 4 is 0 Å². The molecule has 0 aromatic carbocycles. The predicted octanol–water partition coefficient (Wildman–Crippen LogP) is 0.692. The van der Waals surface area contributed by atoms with Crippen LogP contribution in [0, 0.1) is 5.41 Å². The number of likely N-dealkylation sites (N-methyl/N-ethyl adjacent to an activating group) is 1. The molecule has 2 fully saturated rings. The molecular formula is C9H18N2. The lowest BCUT2D eigenvalue weighted by molar-refractivity contribution is 0.0978. The number of hydrogen-bond acceptors (Lipinski definition) is 2. The number of nitrogens with one attached hydrogen (secondary N) is 1. The molecule has 0 unspecified atom stereocenters. The molecule has 1 saturated carbocycles. The molecule has 1 heterocycles. The van der Waals surface area contributed by atoms with Crippen LogP contribution in [0.3, 0.4) is 0 Å². The summed E-state index contributed by atoms with van der Waals surface area (Å²) >= 11 is 0. The van der Waals surface area contributed by atoms with E-state index in [0.717, 1.165) is 0 Å². The van der Waals surface area contributed by atoms with Crippen molar-refractivity contribution < 1.29 is 0 Å². The molecule has 64 valence electrons. The van der Waals surface area contributed by atoms with E-state index < -0.39 is 0 Å². The van der Waals surface area contributed by atoms with E-state index in [0.29, 0.717) is 5.41 Å². The first-order valence-electron chi connectivity index (χ1n) is 4.70. The first kappa shape index (κ1) is 7.56. The van der Waals surface area contributed by atoms with Crippen LogP contribution in [0.15, 0.2) is 0 Å². The topological polar surface area (TPSA) is 15.3 Å². The van der Waals surface area contributed by atoms with Crippen LogP contribution in [0.1, 0.15) is 19.3 Å². The van der Waals surface area contributed by atoms with Crippen molar-refractivity contribution in [1.29, 1.82) is 0 Å². The van der Waals surface area contributed by atoms with Gasteiger partial charge in [-0.15, -0.1) is 0 Å². The largest absolute Gasteiger partial charge is 0.315 e. The van der Waals surface area contributed by atoms with E-state index in [1.54, 1.807) is 0 Å². The Morgan fingerprint density at radius 3 is 2.82 bits per heavy atom. The number of hydrogen-bond donors (Lipinski definition) is 1. The molecule has 0 bridgehead atoms. The van der Waals surface area contributed by atoms with Gasteiger partial charge in [0, 0.05) is 26.2 Å². The first-order valence-corrected chi connectivity index (χ1v) is 4.70. The van der Waals surface area contributed by atoms with Gasteiger partial charge >= 0.3 is 0 Å². The van der Waals surface area contributed by atoms with Crippen molar-refractivity contribution in [2.45, 2.75) is 19.3 Å². The van der Waals surface area contributed by atoms with Crippen LogP contribution >= 0.6 is 0 Å². The molecule has 1 N–H and O–H groups in total. The maximum absolute atomic E-state index is 3.53. The molecule has 1 saturated heterocycles. The van der Waals surface area contributed by atoms with Gasteiger partial charge < -0.3 is 10.2 Å². The summed E-state index contributed by atoms with van der Waals surface area (Å²) < 4.78 is 0. The highest BCUT2D eigenvalue weighted by molar-refractivity contribution is 4.93. The molecule has 0 aromatic heterocycles. The van der Waals surface area contributed by atoms with Gasteiger partial charge in [-0.1, -0.05) is 6.42 Å². The second-order valence-electron chi connectivity index (χ2n) is 4.27. The van der Waals surface area contributed by atoms with Gasteiger partial charge in [-0.2, -0.15) is 0 Å². The average molecular weight is 154 g/mol. The normalized spacial score (nSPS) is 31.4. The summed E-state index contributed by atoms with van der Waals surface area (Å²) in [4.78, 5) is 2.47. The molecule has 2 aliphatic rings. The molecular weight excluding hydrogens is 136 g/mol. The van der Waals surface area contributed by atoms with Crippen LogP contribution in [0.2, 0.25) is 0 Å². The molecule has 11 heavy (non-hydrogen) atoms. The molecule has 2 rings (SSSR count). The Labute approximate surface area is 69.0 Å². The second kappa shape index (κ2) is 2.76. The lowest BCUT2D eigenvalue weighted by Crippen LogP contribution is -2.43. The third-order valence-electron chi connectivity index (χ3n) is 3.19. The van der Waals surface area contributed by atoms with Crippen molar-refractivity contribution in [2.24, 2.45) is 5.41 Å². The molecule has 2 nitrogen and oxygen atoms in total. The Kier molecular flexibility index (Phi) is 1.90. The van der Waals surface area contributed by atoms with Crippen LogP contribution in [0.25, 0.3) is 0 Å². The molecule has 1 spiro atoms. The zero-order valence-corrected chi connectivity index (χ0v) is 7.40. The molecule has 0 aromatic rings. The van der Waals surface area contributed by atoms with Crippen molar-refractivity contribution in [2.75, 3.05) is 33.2 Å². The summed E-state index contributed by atoms with van der Waals surface area (Å²) in [5, 5.41) is 3.53. The van der Waals surface area contributed by atoms with E-state index in [1.165, 1.54) is 45.4 Å². The summed E-state index contributed by atoms with van der Waals surface area (Å²) in [6, 6.07) is 0. The van der Waals surface area contributed by atoms with E-state index in [-0.39, 0.29) is 0 Å². The van der Waals surface area contributed by atoms with Gasteiger partial charge in [-0.25, -0.2) is 0 Å². The highest BCUT2D eigenvalue weighted by Gasteiger charge is 2.38. The fourth-order valence-electron chi connectivity index (χ4n) is 2.34. The van der Waals surface area contributed by atoms with Gasteiger partial charge in [0.15, 0.2) is 0 Å². The smallest absolute Gasteiger partial charge is 0.0104 e. The van der Waals surface area contributed by atoms with Crippen molar-refractivity contribution in [1.82, 2.24) is 10.2 Å². The maximum atomic E-state index is 3.53. The van der Waals surface area contributed by atoms with Gasteiger partial charge in [0.2, 0.25) is 0 Å². The van der Waals surface area contributed by atoms with Gasteiger partial charge in [0.05, 0.1) is 0 Å². The summed E-state index contributed by atoms with van der Waals surface area (Å²) in [6.45, 7) is 4.98. The van der Waals surface area contributed by atoms with Crippen molar-refractivity contribution in [3.8, 4) is 0 Å². The Balaban J connectivity index is 1.97. The Morgan fingerprint density at radius 1 is 1.36 bits per heavy atom. The fraction of sp³-hybridized carbons (Fsp3) is 1.00. The van der Waals surface area contributed by atoms with Gasteiger partial charge in [0.25, 0.3) is 0 Å². The lowest BCUT2D eigenvalue weighted by Gasteiger charge is -2.42. The number of rotatable bonds is 0. The Morgan fingerprint density at radius 2 is 2.18 bits per heavy atom. The standard InChI is InChI=1S/C9H18N2/c1-11-6-5-10-7-9(8-11)3-2-4-9/h10H,2-8H2,1H3. The van der Waals surface area contributed by atoms with Gasteiger partial charge in [0.1, 0.15) is 0 Å².